The van der Waals surface area contributed by atoms with Gasteiger partial charge in [-0.15, -0.1) is 0 Å². The lowest BCUT2D eigenvalue weighted by molar-refractivity contribution is 0.458. The van der Waals surface area contributed by atoms with Crippen molar-refractivity contribution in [2.24, 2.45) is 0 Å². The second-order valence-corrected chi connectivity index (χ2v) is 5.09. The Morgan fingerprint density at radius 2 is 2.35 bits per heavy atom. The molecule has 0 heterocycles. The van der Waals surface area contributed by atoms with Crippen molar-refractivity contribution in [3.63, 3.8) is 0 Å². The van der Waals surface area contributed by atoms with Crippen molar-refractivity contribution in [2.75, 3.05) is 6.54 Å². The zero-order valence-electron chi connectivity index (χ0n) is 10.5. The van der Waals surface area contributed by atoms with Gasteiger partial charge < -0.3 is 5.32 Å². The van der Waals surface area contributed by atoms with Crippen molar-refractivity contribution in [2.45, 2.75) is 45.1 Å². The van der Waals surface area contributed by atoms with Crippen LogP contribution in [0.5, 0.6) is 0 Å². The van der Waals surface area contributed by atoms with Crippen LogP contribution in [0.3, 0.4) is 0 Å². The number of benzene rings is 1. The van der Waals surface area contributed by atoms with Gasteiger partial charge in [0.05, 0.1) is 0 Å². The van der Waals surface area contributed by atoms with E-state index < -0.39 is 0 Å². The van der Waals surface area contributed by atoms with E-state index >= 15 is 0 Å². The van der Waals surface area contributed by atoms with E-state index in [4.69, 9.17) is 12.2 Å². The molecule has 2 heteroatoms. The molecule has 0 spiro atoms. The number of fused-ring (bicyclic) bond motifs is 1. The summed E-state index contributed by atoms with van der Waals surface area (Å²) in [4.78, 5) is 0. The molecular formula is C15H21NS. The minimum atomic E-state index is 0.546. The van der Waals surface area contributed by atoms with E-state index in [0.717, 1.165) is 13.0 Å². The van der Waals surface area contributed by atoms with Crippen LogP contribution in [0.2, 0.25) is 0 Å². The first-order valence-corrected chi connectivity index (χ1v) is 7.11. The Balaban J connectivity index is 2.29. The third kappa shape index (κ3) is 2.93. The fourth-order valence-electron chi connectivity index (χ4n) is 2.76. The molecule has 0 saturated carbocycles. The van der Waals surface area contributed by atoms with E-state index in [1.807, 2.05) is 5.37 Å². The molecule has 0 aromatic heterocycles. The summed E-state index contributed by atoms with van der Waals surface area (Å²) < 4.78 is 0. The van der Waals surface area contributed by atoms with Gasteiger partial charge in [-0.3, -0.25) is 0 Å². The van der Waals surface area contributed by atoms with Crippen LogP contribution in [-0.4, -0.2) is 11.9 Å². The monoisotopic (exact) mass is 247 g/mol. The summed E-state index contributed by atoms with van der Waals surface area (Å²) in [6.45, 7) is 3.33. The highest BCUT2D eigenvalue weighted by Gasteiger charge is 2.21. The molecule has 1 atom stereocenters. The second kappa shape index (κ2) is 6.27. The van der Waals surface area contributed by atoms with E-state index in [1.165, 1.54) is 42.4 Å². The van der Waals surface area contributed by atoms with Crippen molar-refractivity contribution in [1.29, 1.82) is 0 Å². The van der Waals surface area contributed by atoms with Crippen LogP contribution < -0.4 is 5.32 Å². The number of thiocarbonyl (C=S) groups is 1. The number of aryl methyl sites for hydroxylation is 1. The molecule has 1 unspecified atom stereocenters. The van der Waals surface area contributed by atoms with E-state index in [9.17, 15) is 0 Å². The highest BCUT2D eigenvalue weighted by atomic mass is 32.1. The first-order valence-electron chi connectivity index (χ1n) is 6.64. The molecule has 0 fully saturated rings. The molecule has 0 radical (unpaired) electrons. The molecule has 1 aliphatic carbocycles. The largest absolute Gasteiger partial charge is 0.310 e. The molecule has 0 bridgehead atoms. The summed E-state index contributed by atoms with van der Waals surface area (Å²) in [6.07, 6.45) is 5.91. The summed E-state index contributed by atoms with van der Waals surface area (Å²) in [6, 6.07) is 7.23. The molecule has 1 aromatic rings. The van der Waals surface area contributed by atoms with Crippen LogP contribution in [0.15, 0.2) is 18.2 Å². The fourth-order valence-corrected chi connectivity index (χ4v) is 2.94. The minimum Gasteiger partial charge on any atom is -0.310 e. The van der Waals surface area contributed by atoms with Gasteiger partial charge in [-0.05, 0) is 54.3 Å². The Hall–Kier alpha value is -0.730. The van der Waals surface area contributed by atoms with Crippen LogP contribution in [0.1, 0.15) is 48.9 Å². The van der Waals surface area contributed by atoms with Crippen LogP contribution in [0, 0.1) is 0 Å². The van der Waals surface area contributed by atoms with Crippen LogP contribution in [0.4, 0.5) is 0 Å². The van der Waals surface area contributed by atoms with Crippen molar-refractivity contribution in [1.82, 2.24) is 5.32 Å². The Morgan fingerprint density at radius 3 is 3.12 bits per heavy atom. The van der Waals surface area contributed by atoms with E-state index in [1.54, 1.807) is 0 Å². The van der Waals surface area contributed by atoms with Gasteiger partial charge in [0.2, 0.25) is 0 Å². The van der Waals surface area contributed by atoms with Gasteiger partial charge >= 0.3 is 0 Å². The van der Waals surface area contributed by atoms with Gasteiger partial charge in [-0.2, -0.15) is 0 Å². The van der Waals surface area contributed by atoms with Gasteiger partial charge in [-0.1, -0.05) is 37.3 Å². The standard InChI is InChI=1S/C15H21NS/c1-2-10-16-14-8-4-7-12-5-3-6-13(9-11-17)15(12)14/h3,5-6,11,14,16H,2,4,7-10H2,1H3. The molecule has 92 valence electrons. The average molecular weight is 247 g/mol. The predicted molar refractivity (Wildman–Crippen MR) is 77.8 cm³/mol. The number of hydrogen-bond acceptors (Lipinski definition) is 2. The zero-order valence-corrected chi connectivity index (χ0v) is 11.4. The molecular weight excluding hydrogens is 226 g/mol. The molecule has 17 heavy (non-hydrogen) atoms. The summed E-state index contributed by atoms with van der Waals surface area (Å²) in [5.41, 5.74) is 4.48. The lowest BCUT2D eigenvalue weighted by Crippen LogP contribution is -2.27. The Morgan fingerprint density at radius 1 is 1.47 bits per heavy atom. The summed E-state index contributed by atoms with van der Waals surface area (Å²) in [7, 11) is 0. The summed E-state index contributed by atoms with van der Waals surface area (Å²) in [5.74, 6) is 0. The third-order valence-electron chi connectivity index (χ3n) is 3.52. The van der Waals surface area contributed by atoms with Crippen molar-refractivity contribution < 1.29 is 0 Å². The molecule has 1 N–H and O–H groups in total. The lowest BCUT2D eigenvalue weighted by Gasteiger charge is -2.28. The Kier molecular flexibility index (Phi) is 4.69. The number of nitrogens with one attached hydrogen (secondary N) is 1. The average Bonchev–Trinajstić information content (AvgIpc) is 2.37. The normalized spacial score (nSPS) is 18.8. The molecule has 0 amide bonds. The van der Waals surface area contributed by atoms with Crippen molar-refractivity contribution in [3.8, 4) is 0 Å². The summed E-state index contributed by atoms with van der Waals surface area (Å²) in [5, 5.41) is 5.53. The molecule has 2 rings (SSSR count). The van der Waals surface area contributed by atoms with Gasteiger partial charge in [0.25, 0.3) is 0 Å². The second-order valence-electron chi connectivity index (χ2n) is 4.76. The number of hydrogen-bond donors (Lipinski definition) is 1. The van der Waals surface area contributed by atoms with E-state index in [0.29, 0.717) is 6.04 Å². The van der Waals surface area contributed by atoms with E-state index in [2.05, 4.69) is 30.4 Å². The first-order chi connectivity index (χ1) is 8.36. The van der Waals surface area contributed by atoms with Crippen LogP contribution >= 0.6 is 12.2 Å². The van der Waals surface area contributed by atoms with Crippen molar-refractivity contribution in [3.05, 3.63) is 34.9 Å². The maximum Gasteiger partial charge on any atom is 0.0325 e. The van der Waals surface area contributed by atoms with Crippen LogP contribution in [-0.2, 0) is 12.8 Å². The molecule has 0 aliphatic heterocycles. The minimum absolute atomic E-state index is 0.546. The van der Waals surface area contributed by atoms with Gasteiger partial charge in [0.15, 0.2) is 0 Å². The fraction of sp³-hybridized carbons (Fsp3) is 0.533. The lowest BCUT2D eigenvalue weighted by atomic mass is 9.84. The molecule has 0 saturated heterocycles. The van der Waals surface area contributed by atoms with E-state index in [-0.39, 0.29) is 0 Å². The van der Waals surface area contributed by atoms with Gasteiger partial charge in [0.1, 0.15) is 0 Å². The highest BCUT2D eigenvalue weighted by Crippen LogP contribution is 2.32. The van der Waals surface area contributed by atoms with Crippen molar-refractivity contribution >= 4 is 17.6 Å². The molecule has 1 nitrogen and oxygen atoms in total. The molecule has 1 aromatic carbocycles. The number of rotatable bonds is 5. The zero-order chi connectivity index (χ0) is 12.1. The molecule has 1 aliphatic rings. The topological polar surface area (TPSA) is 12.0 Å². The van der Waals surface area contributed by atoms with Crippen LogP contribution in [0.25, 0.3) is 0 Å². The smallest absolute Gasteiger partial charge is 0.0325 e. The Labute approximate surface area is 110 Å². The highest BCUT2D eigenvalue weighted by molar-refractivity contribution is 7.78. The quantitative estimate of drug-likeness (QED) is 0.798. The SMILES string of the molecule is CCCNC1CCCc2cccc(CC=S)c21. The van der Waals surface area contributed by atoms with Gasteiger partial charge in [-0.25, -0.2) is 0 Å². The first kappa shape index (κ1) is 12.7. The predicted octanol–water partition coefficient (Wildman–Crippen LogP) is 3.61. The third-order valence-corrected chi connectivity index (χ3v) is 3.68. The Bertz CT molecular complexity index is 387. The maximum absolute atomic E-state index is 5.02. The summed E-state index contributed by atoms with van der Waals surface area (Å²) >= 11 is 5.02. The maximum atomic E-state index is 5.02. The van der Waals surface area contributed by atoms with Gasteiger partial charge in [0, 0.05) is 12.5 Å².